The van der Waals surface area contributed by atoms with E-state index in [1.807, 2.05) is 43.3 Å². The topological polar surface area (TPSA) is 51.0 Å². The van der Waals surface area contributed by atoms with Crippen LogP contribution in [0.25, 0.3) is 5.69 Å². The molecule has 0 unspecified atom stereocenters. The van der Waals surface area contributed by atoms with E-state index < -0.39 is 23.3 Å². The minimum Gasteiger partial charge on any atom is -0.334 e. The van der Waals surface area contributed by atoms with Gasteiger partial charge in [0, 0.05) is 36.4 Å². The van der Waals surface area contributed by atoms with Crippen molar-refractivity contribution in [2.24, 2.45) is 0 Å². The maximum Gasteiger partial charge on any atom is 0.434 e. The molecule has 0 saturated carbocycles. The molecule has 4 rings (SSSR count). The number of pyridine rings is 1. The van der Waals surface area contributed by atoms with Gasteiger partial charge in [0.25, 0.3) is 5.91 Å². The molecule has 180 valence electrons. The minimum absolute atomic E-state index is 0.148. The number of alkyl halides is 3. The predicted octanol–water partition coefficient (Wildman–Crippen LogP) is 6.13. The third kappa shape index (κ3) is 5.89. The fourth-order valence-electron chi connectivity index (χ4n) is 3.69. The Labute approximate surface area is 205 Å². The van der Waals surface area contributed by atoms with Crippen molar-refractivity contribution in [2.45, 2.75) is 26.1 Å². The summed E-state index contributed by atoms with van der Waals surface area (Å²) in [5, 5.41) is 4.30. The highest BCUT2D eigenvalue weighted by molar-refractivity contribution is 6.30. The molecule has 0 N–H and O–H groups in total. The van der Waals surface area contributed by atoms with Crippen molar-refractivity contribution in [3.8, 4) is 5.69 Å². The van der Waals surface area contributed by atoms with Gasteiger partial charge >= 0.3 is 6.18 Å². The number of carbonyl (C=O) groups excluding carboxylic acids is 1. The van der Waals surface area contributed by atoms with Crippen LogP contribution in [0.4, 0.5) is 13.2 Å². The lowest BCUT2D eigenvalue weighted by molar-refractivity contribution is -0.143. The smallest absolute Gasteiger partial charge is 0.334 e. The van der Waals surface area contributed by atoms with E-state index in [0.29, 0.717) is 11.4 Å². The average molecular weight is 499 g/mol. The first-order chi connectivity index (χ1) is 16.7. The average Bonchev–Trinajstić information content (AvgIpc) is 3.30. The fraction of sp³-hybridized carbons (Fsp3) is 0.192. The summed E-state index contributed by atoms with van der Waals surface area (Å²) in [5.74, 6) is -0.756. The Bertz CT molecular complexity index is 1290. The van der Waals surface area contributed by atoms with Gasteiger partial charge in [0.1, 0.15) is 0 Å². The van der Waals surface area contributed by atoms with Crippen molar-refractivity contribution in [1.82, 2.24) is 19.7 Å². The molecule has 0 bridgehead atoms. The zero-order chi connectivity index (χ0) is 25.0. The first-order valence-electron chi connectivity index (χ1n) is 10.9. The third-order valence-electron chi connectivity index (χ3n) is 5.48. The maximum absolute atomic E-state index is 14.2. The van der Waals surface area contributed by atoms with E-state index in [1.54, 1.807) is 12.3 Å². The van der Waals surface area contributed by atoms with Crippen LogP contribution >= 0.6 is 11.6 Å². The van der Waals surface area contributed by atoms with Crippen LogP contribution in [0.1, 0.15) is 32.9 Å². The molecular weight excluding hydrogens is 477 g/mol. The van der Waals surface area contributed by atoms with E-state index in [2.05, 4.69) is 10.1 Å². The normalized spacial score (nSPS) is 11.5. The van der Waals surface area contributed by atoms with Gasteiger partial charge in [0.05, 0.1) is 17.4 Å². The van der Waals surface area contributed by atoms with E-state index in [0.717, 1.165) is 27.7 Å². The second-order valence-corrected chi connectivity index (χ2v) is 8.51. The van der Waals surface area contributed by atoms with E-state index in [4.69, 9.17) is 11.6 Å². The number of rotatable bonds is 7. The molecule has 1 amide bonds. The molecule has 2 heterocycles. The second kappa shape index (κ2) is 10.3. The van der Waals surface area contributed by atoms with Crippen molar-refractivity contribution in [1.29, 1.82) is 0 Å². The summed E-state index contributed by atoms with van der Waals surface area (Å²) in [6.07, 6.45) is -1.80. The number of aromatic nitrogens is 3. The van der Waals surface area contributed by atoms with Crippen molar-refractivity contribution in [3.05, 3.63) is 112 Å². The number of nitrogens with zero attached hydrogens (tertiary/aromatic N) is 4. The summed E-state index contributed by atoms with van der Waals surface area (Å²) >= 11 is 5.88. The highest BCUT2D eigenvalue weighted by atomic mass is 35.5. The summed E-state index contributed by atoms with van der Waals surface area (Å²) in [7, 11) is 0. The quantitative estimate of drug-likeness (QED) is 0.308. The maximum atomic E-state index is 14.2. The van der Waals surface area contributed by atoms with E-state index in [1.165, 1.54) is 29.2 Å². The molecule has 0 spiro atoms. The summed E-state index contributed by atoms with van der Waals surface area (Å²) < 4.78 is 43.3. The SMILES string of the molecule is Cc1ccc(CN(CCc2ccccn2)C(=O)c2cnn(-c3ccc(Cl)cc3)c2C(F)(F)F)cc1. The molecule has 5 nitrogen and oxygen atoms in total. The van der Waals surface area contributed by atoms with Crippen LogP contribution < -0.4 is 0 Å². The fourth-order valence-corrected chi connectivity index (χ4v) is 3.81. The number of benzene rings is 2. The Morgan fingerprint density at radius 2 is 1.74 bits per heavy atom. The lowest BCUT2D eigenvalue weighted by Gasteiger charge is -2.23. The zero-order valence-electron chi connectivity index (χ0n) is 18.8. The second-order valence-electron chi connectivity index (χ2n) is 8.08. The Morgan fingerprint density at radius 3 is 2.37 bits per heavy atom. The van der Waals surface area contributed by atoms with Crippen LogP contribution in [-0.4, -0.2) is 32.1 Å². The summed E-state index contributed by atoms with van der Waals surface area (Å²) in [4.78, 5) is 19.2. The Morgan fingerprint density at radius 1 is 1.03 bits per heavy atom. The Hall–Kier alpha value is -3.65. The summed E-state index contributed by atoms with van der Waals surface area (Å²) in [5.41, 5.74) is 1.10. The highest BCUT2D eigenvalue weighted by Gasteiger charge is 2.41. The van der Waals surface area contributed by atoms with Gasteiger partial charge in [-0.05, 0) is 48.9 Å². The lowest BCUT2D eigenvalue weighted by Crippen LogP contribution is -2.34. The van der Waals surface area contributed by atoms with Gasteiger partial charge in [-0.1, -0.05) is 47.5 Å². The van der Waals surface area contributed by atoms with Crippen LogP contribution in [0.15, 0.2) is 79.1 Å². The van der Waals surface area contributed by atoms with Crippen LogP contribution in [0.5, 0.6) is 0 Å². The van der Waals surface area contributed by atoms with Crippen LogP contribution in [0.2, 0.25) is 5.02 Å². The third-order valence-corrected chi connectivity index (χ3v) is 5.74. The van der Waals surface area contributed by atoms with Crippen molar-refractivity contribution >= 4 is 17.5 Å². The van der Waals surface area contributed by atoms with Gasteiger partial charge in [0.2, 0.25) is 0 Å². The van der Waals surface area contributed by atoms with Gasteiger partial charge < -0.3 is 4.90 Å². The monoisotopic (exact) mass is 498 g/mol. The van der Waals surface area contributed by atoms with Gasteiger partial charge in [0.15, 0.2) is 5.69 Å². The van der Waals surface area contributed by atoms with E-state index in [-0.39, 0.29) is 18.8 Å². The molecule has 0 aliphatic rings. The molecule has 9 heteroatoms. The van der Waals surface area contributed by atoms with Crippen LogP contribution in [0.3, 0.4) is 0 Å². The number of hydrogen-bond acceptors (Lipinski definition) is 3. The number of halogens is 4. The van der Waals surface area contributed by atoms with Crippen LogP contribution in [-0.2, 0) is 19.1 Å². The predicted molar refractivity (Wildman–Crippen MR) is 127 cm³/mol. The summed E-state index contributed by atoms with van der Waals surface area (Å²) in [6, 6.07) is 18.7. The van der Waals surface area contributed by atoms with Crippen molar-refractivity contribution < 1.29 is 18.0 Å². The van der Waals surface area contributed by atoms with E-state index >= 15 is 0 Å². The number of hydrogen-bond donors (Lipinski definition) is 0. The van der Waals surface area contributed by atoms with Crippen molar-refractivity contribution in [2.75, 3.05) is 6.54 Å². The molecule has 0 atom stereocenters. The minimum atomic E-state index is -4.81. The van der Waals surface area contributed by atoms with Crippen molar-refractivity contribution in [3.63, 3.8) is 0 Å². The zero-order valence-corrected chi connectivity index (χ0v) is 19.6. The molecule has 2 aromatic heterocycles. The Balaban J connectivity index is 1.70. The highest BCUT2D eigenvalue weighted by Crippen LogP contribution is 2.34. The molecule has 0 saturated heterocycles. The van der Waals surface area contributed by atoms with Gasteiger partial charge in [-0.25, -0.2) is 4.68 Å². The molecule has 35 heavy (non-hydrogen) atoms. The first-order valence-corrected chi connectivity index (χ1v) is 11.3. The Kier molecular flexibility index (Phi) is 7.21. The molecule has 0 aliphatic carbocycles. The molecule has 0 radical (unpaired) electrons. The number of amides is 1. The molecule has 0 fully saturated rings. The largest absolute Gasteiger partial charge is 0.434 e. The molecule has 2 aromatic carbocycles. The van der Waals surface area contributed by atoms with Crippen LogP contribution in [0, 0.1) is 6.92 Å². The first kappa shape index (κ1) is 24.5. The molecular formula is C26H22ClF3N4O. The van der Waals surface area contributed by atoms with Gasteiger partial charge in [-0.3, -0.25) is 9.78 Å². The van der Waals surface area contributed by atoms with Gasteiger partial charge in [-0.15, -0.1) is 0 Å². The lowest BCUT2D eigenvalue weighted by atomic mass is 10.1. The summed E-state index contributed by atoms with van der Waals surface area (Å²) in [6.45, 7) is 2.27. The molecule has 4 aromatic rings. The standard InChI is InChI=1S/C26H22ClF3N4O/c1-18-5-7-19(8-6-18)17-33(15-13-21-4-2-3-14-31-21)25(35)23-16-32-34(24(23)26(28,29)30)22-11-9-20(27)10-12-22/h2-12,14,16H,13,15,17H2,1H3. The molecule has 0 aliphatic heterocycles. The number of carbonyl (C=O) groups is 1. The number of aryl methyl sites for hydroxylation is 1. The van der Waals surface area contributed by atoms with Gasteiger partial charge in [-0.2, -0.15) is 18.3 Å². The van der Waals surface area contributed by atoms with E-state index in [9.17, 15) is 18.0 Å².